The van der Waals surface area contributed by atoms with Gasteiger partial charge in [0.15, 0.2) is 5.82 Å². The van der Waals surface area contributed by atoms with Crippen LogP contribution in [0.2, 0.25) is 0 Å². The lowest BCUT2D eigenvalue weighted by Crippen LogP contribution is -2.26. The highest BCUT2D eigenvalue weighted by Crippen LogP contribution is 2.22. The van der Waals surface area contributed by atoms with Crippen LogP contribution in [0.5, 0.6) is 0 Å². The minimum absolute atomic E-state index is 0.00568. The molecule has 0 spiro atoms. The zero-order chi connectivity index (χ0) is 14.6. The van der Waals surface area contributed by atoms with Gasteiger partial charge < -0.3 is 9.84 Å². The molecule has 20 heavy (non-hydrogen) atoms. The Morgan fingerprint density at radius 1 is 1.40 bits per heavy atom. The molecule has 7 nitrogen and oxygen atoms in total. The SMILES string of the molecule is CC(C)NCc1sccc1S(=O)(=O)NCc1ncon1. The number of hydrogen-bond acceptors (Lipinski definition) is 7. The van der Waals surface area contributed by atoms with Gasteiger partial charge in [0.05, 0.1) is 11.4 Å². The summed E-state index contributed by atoms with van der Waals surface area (Å²) in [6.45, 7) is 4.55. The van der Waals surface area contributed by atoms with E-state index in [9.17, 15) is 8.42 Å². The molecule has 9 heteroatoms. The zero-order valence-corrected chi connectivity index (χ0v) is 12.8. The molecule has 0 atom stereocenters. The number of nitrogens with zero attached hydrogens (tertiary/aromatic N) is 2. The van der Waals surface area contributed by atoms with Crippen molar-refractivity contribution in [2.45, 2.75) is 37.9 Å². The first-order valence-corrected chi connectivity index (χ1v) is 8.40. The van der Waals surface area contributed by atoms with E-state index >= 15 is 0 Å². The van der Waals surface area contributed by atoms with E-state index in [1.165, 1.54) is 11.3 Å². The van der Waals surface area contributed by atoms with Gasteiger partial charge in [-0.25, -0.2) is 13.1 Å². The van der Waals surface area contributed by atoms with Crippen molar-refractivity contribution in [2.24, 2.45) is 0 Å². The number of rotatable bonds is 7. The second-order valence-corrected chi connectivity index (χ2v) is 7.15. The van der Waals surface area contributed by atoms with Crippen LogP contribution < -0.4 is 10.0 Å². The molecule has 2 heterocycles. The monoisotopic (exact) mass is 316 g/mol. The normalized spacial score (nSPS) is 12.2. The minimum atomic E-state index is -3.57. The van der Waals surface area contributed by atoms with Gasteiger partial charge in [0.2, 0.25) is 16.4 Å². The van der Waals surface area contributed by atoms with E-state index in [0.717, 1.165) is 11.3 Å². The third-order valence-corrected chi connectivity index (χ3v) is 5.03. The maximum absolute atomic E-state index is 12.2. The molecule has 110 valence electrons. The van der Waals surface area contributed by atoms with Crippen LogP contribution in [0, 0.1) is 0 Å². The second-order valence-electron chi connectivity index (χ2n) is 4.42. The lowest BCUT2D eigenvalue weighted by molar-refractivity contribution is 0.409. The Kier molecular flexibility index (Phi) is 4.86. The van der Waals surface area contributed by atoms with E-state index in [1.54, 1.807) is 11.4 Å². The molecule has 0 fully saturated rings. The standard InChI is InChI=1S/C11H16N4O3S2/c1-8(2)12-5-9-10(3-4-19-9)20(16,17)14-6-11-13-7-18-15-11/h3-4,7-8,12,14H,5-6H2,1-2H3. The highest BCUT2D eigenvalue weighted by molar-refractivity contribution is 7.89. The van der Waals surface area contributed by atoms with Crippen molar-refractivity contribution in [2.75, 3.05) is 0 Å². The molecule has 0 aliphatic heterocycles. The van der Waals surface area contributed by atoms with E-state index in [-0.39, 0.29) is 6.54 Å². The van der Waals surface area contributed by atoms with Crippen LogP contribution in [0.4, 0.5) is 0 Å². The molecule has 2 N–H and O–H groups in total. The molecule has 0 aliphatic carbocycles. The molecule has 0 aliphatic rings. The Balaban J connectivity index is 2.07. The molecule has 0 unspecified atom stereocenters. The van der Waals surface area contributed by atoms with Gasteiger partial charge in [-0.2, -0.15) is 4.98 Å². The number of hydrogen-bond donors (Lipinski definition) is 2. The summed E-state index contributed by atoms with van der Waals surface area (Å²) in [6.07, 6.45) is 1.16. The van der Waals surface area contributed by atoms with Crippen molar-refractivity contribution in [3.05, 3.63) is 28.5 Å². The topological polar surface area (TPSA) is 97.1 Å². The van der Waals surface area contributed by atoms with Crippen molar-refractivity contribution in [3.63, 3.8) is 0 Å². The predicted molar refractivity (Wildman–Crippen MR) is 74.6 cm³/mol. The van der Waals surface area contributed by atoms with Gasteiger partial charge >= 0.3 is 0 Å². The van der Waals surface area contributed by atoms with E-state index < -0.39 is 10.0 Å². The zero-order valence-electron chi connectivity index (χ0n) is 11.2. The second kappa shape index (κ2) is 6.44. The van der Waals surface area contributed by atoms with Gasteiger partial charge in [0.1, 0.15) is 0 Å². The predicted octanol–water partition coefficient (Wildman–Crippen LogP) is 1.11. The average Bonchev–Trinajstić information content (AvgIpc) is 3.05. The Hall–Kier alpha value is -1.29. The molecule has 0 bridgehead atoms. The number of nitrogens with one attached hydrogen (secondary N) is 2. The fourth-order valence-electron chi connectivity index (χ4n) is 1.50. The van der Waals surface area contributed by atoms with Gasteiger partial charge in [0.25, 0.3) is 0 Å². The summed E-state index contributed by atoms with van der Waals surface area (Å²) < 4.78 is 31.5. The smallest absolute Gasteiger partial charge is 0.242 e. The summed E-state index contributed by atoms with van der Waals surface area (Å²) in [7, 11) is -3.57. The van der Waals surface area contributed by atoms with Crippen molar-refractivity contribution >= 4 is 21.4 Å². The minimum Gasteiger partial charge on any atom is -0.343 e. The van der Waals surface area contributed by atoms with Gasteiger partial charge in [-0.15, -0.1) is 11.3 Å². The lowest BCUT2D eigenvalue weighted by Gasteiger charge is -2.09. The lowest BCUT2D eigenvalue weighted by atomic mass is 10.4. The molecule has 0 radical (unpaired) electrons. The molecule has 0 saturated carbocycles. The maximum atomic E-state index is 12.2. The Morgan fingerprint density at radius 3 is 2.85 bits per heavy atom. The van der Waals surface area contributed by atoms with Crippen LogP contribution in [0.15, 0.2) is 27.3 Å². The molecule has 0 saturated heterocycles. The fourth-order valence-corrected chi connectivity index (χ4v) is 3.87. The van der Waals surface area contributed by atoms with Crippen molar-refractivity contribution in [1.82, 2.24) is 20.2 Å². The van der Waals surface area contributed by atoms with Crippen LogP contribution in [0.25, 0.3) is 0 Å². The maximum Gasteiger partial charge on any atom is 0.242 e. The molecule has 0 amide bonds. The quantitative estimate of drug-likeness (QED) is 0.794. The van der Waals surface area contributed by atoms with E-state index in [0.29, 0.717) is 23.3 Å². The molecule has 2 aromatic heterocycles. The van der Waals surface area contributed by atoms with Gasteiger partial charge in [0, 0.05) is 17.5 Å². The van der Waals surface area contributed by atoms with Crippen LogP contribution in [-0.4, -0.2) is 24.6 Å². The molecule has 2 rings (SSSR count). The van der Waals surface area contributed by atoms with Crippen LogP contribution in [0.1, 0.15) is 24.5 Å². The van der Waals surface area contributed by atoms with Crippen LogP contribution in [-0.2, 0) is 23.1 Å². The Labute approximate surface area is 121 Å². The van der Waals surface area contributed by atoms with E-state index in [1.807, 2.05) is 13.8 Å². The van der Waals surface area contributed by atoms with Gasteiger partial charge in [-0.3, -0.25) is 0 Å². The highest BCUT2D eigenvalue weighted by atomic mass is 32.2. The largest absolute Gasteiger partial charge is 0.343 e. The van der Waals surface area contributed by atoms with Crippen LogP contribution >= 0.6 is 11.3 Å². The first kappa shape index (κ1) is 15.1. The molecule has 0 aromatic carbocycles. The number of aromatic nitrogens is 2. The van der Waals surface area contributed by atoms with Crippen molar-refractivity contribution in [3.8, 4) is 0 Å². The molecule has 2 aromatic rings. The van der Waals surface area contributed by atoms with Crippen LogP contribution in [0.3, 0.4) is 0 Å². The number of thiophene rings is 1. The Morgan fingerprint density at radius 2 is 2.20 bits per heavy atom. The summed E-state index contributed by atoms with van der Waals surface area (Å²) in [5.74, 6) is 0.297. The highest BCUT2D eigenvalue weighted by Gasteiger charge is 2.20. The first-order chi connectivity index (χ1) is 9.49. The summed E-state index contributed by atoms with van der Waals surface area (Å²) in [4.78, 5) is 4.84. The first-order valence-electron chi connectivity index (χ1n) is 6.03. The Bertz CT molecular complexity index is 634. The van der Waals surface area contributed by atoms with Gasteiger partial charge in [-0.05, 0) is 11.4 Å². The van der Waals surface area contributed by atoms with E-state index in [4.69, 9.17) is 0 Å². The average molecular weight is 316 g/mol. The summed E-state index contributed by atoms with van der Waals surface area (Å²) in [5.41, 5.74) is 0. The third-order valence-electron chi connectivity index (χ3n) is 2.49. The van der Waals surface area contributed by atoms with E-state index in [2.05, 4.69) is 24.7 Å². The third kappa shape index (κ3) is 3.85. The molecular weight excluding hydrogens is 300 g/mol. The fraction of sp³-hybridized carbons (Fsp3) is 0.455. The van der Waals surface area contributed by atoms with Crippen molar-refractivity contribution < 1.29 is 12.9 Å². The summed E-state index contributed by atoms with van der Waals surface area (Å²) in [6, 6.07) is 1.89. The van der Waals surface area contributed by atoms with Gasteiger partial charge in [-0.1, -0.05) is 19.0 Å². The summed E-state index contributed by atoms with van der Waals surface area (Å²) >= 11 is 1.41. The summed E-state index contributed by atoms with van der Waals surface area (Å²) in [5, 5.41) is 8.53. The van der Waals surface area contributed by atoms with Crippen molar-refractivity contribution in [1.29, 1.82) is 0 Å². The molecular formula is C11H16N4O3S2. The number of sulfonamides is 1.